The van der Waals surface area contributed by atoms with E-state index in [0.29, 0.717) is 37.4 Å². The van der Waals surface area contributed by atoms with Crippen molar-refractivity contribution in [3.8, 4) is 5.75 Å². The Morgan fingerprint density at radius 2 is 2.07 bits per heavy atom. The number of alkyl halides is 3. The van der Waals surface area contributed by atoms with Crippen LogP contribution in [0.25, 0.3) is 0 Å². The van der Waals surface area contributed by atoms with Gasteiger partial charge in [-0.05, 0) is 37.5 Å². The molecule has 1 fully saturated rings. The van der Waals surface area contributed by atoms with Gasteiger partial charge in [-0.1, -0.05) is 12.1 Å². The second-order valence-electron chi connectivity index (χ2n) is 7.12. The lowest BCUT2D eigenvalue weighted by Gasteiger charge is -2.32. The number of benzene rings is 1. The molecule has 1 aliphatic rings. The molecule has 0 amide bonds. The fourth-order valence-corrected chi connectivity index (χ4v) is 4.37. The van der Waals surface area contributed by atoms with Crippen LogP contribution in [-0.2, 0) is 17.6 Å². The number of aliphatic carboxylic acids is 1. The molecular weight excluding hydrogens is 405 g/mol. The summed E-state index contributed by atoms with van der Waals surface area (Å²) in [5.74, 6) is -1.51. The van der Waals surface area contributed by atoms with Gasteiger partial charge in [-0.25, -0.2) is 4.98 Å². The van der Waals surface area contributed by atoms with Gasteiger partial charge < -0.3 is 14.7 Å². The molecule has 1 aromatic carbocycles. The van der Waals surface area contributed by atoms with E-state index >= 15 is 0 Å². The summed E-state index contributed by atoms with van der Waals surface area (Å²) in [4.78, 5) is 18.4. The zero-order valence-corrected chi connectivity index (χ0v) is 16.9. The molecule has 2 aromatic rings. The number of ether oxygens (including phenoxy) is 1. The highest BCUT2D eigenvalue weighted by Crippen LogP contribution is 2.36. The van der Waals surface area contributed by atoms with E-state index in [4.69, 9.17) is 9.84 Å². The number of hydrogen-bond donors (Lipinski definition) is 1. The molecule has 1 aliphatic heterocycles. The molecule has 0 aliphatic carbocycles. The van der Waals surface area contributed by atoms with Crippen LogP contribution < -0.4 is 9.64 Å². The molecule has 0 spiro atoms. The molecule has 3 rings (SSSR count). The van der Waals surface area contributed by atoms with Crippen LogP contribution in [0.3, 0.4) is 0 Å². The highest BCUT2D eigenvalue weighted by Gasteiger charge is 2.41. The van der Waals surface area contributed by atoms with Crippen molar-refractivity contribution in [3.63, 3.8) is 0 Å². The Balaban J connectivity index is 1.53. The Bertz CT molecular complexity index is 846. The molecule has 0 bridgehead atoms. The third-order valence-electron chi connectivity index (χ3n) is 4.97. The van der Waals surface area contributed by atoms with Crippen LogP contribution in [0.5, 0.6) is 5.75 Å². The first-order valence-corrected chi connectivity index (χ1v) is 10.3. The number of halogens is 3. The second-order valence-corrected chi connectivity index (χ2v) is 8.30. The Hall–Kier alpha value is -2.29. The summed E-state index contributed by atoms with van der Waals surface area (Å²) in [5.41, 5.74) is 1.55. The number of thiazole rings is 1. The van der Waals surface area contributed by atoms with E-state index in [1.807, 2.05) is 11.8 Å². The van der Waals surface area contributed by atoms with Crippen LogP contribution in [-0.4, -0.2) is 41.9 Å². The summed E-state index contributed by atoms with van der Waals surface area (Å²) < 4.78 is 44.2. The number of carbonyl (C=O) groups is 1. The molecule has 5 nitrogen and oxygen atoms in total. The van der Waals surface area contributed by atoms with E-state index in [9.17, 15) is 18.0 Å². The molecule has 0 saturated carbocycles. The van der Waals surface area contributed by atoms with E-state index in [1.165, 1.54) is 11.3 Å². The predicted molar refractivity (Wildman–Crippen MR) is 105 cm³/mol. The molecule has 0 radical (unpaired) electrons. The predicted octanol–water partition coefficient (Wildman–Crippen LogP) is 4.48. The third kappa shape index (κ3) is 5.85. The van der Waals surface area contributed by atoms with Crippen LogP contribution >= 0.6 is 11.3 Å². The van der Waals surface area contributed by atoms with E-state index in [0.717, 1.165) is 15.7 Å². The van der Waals surface area contributed by atoms with Gasteiger partial charge in [0, 0.05) is 24.4 Å². The topological polar surface area (TPSA) is 62.7 Å². The van der Waals surface area contributed by atoms with Crippen molar-refractivity contribution >= 4 is 22.4 Å². The van der Waals surface area contributed by atoms with E-state index < -0.39 is 18.1 Å². The zero-order valence-electron chi connectivity index (χ0n) is 16.0. The summed E-state index contributed by atoms with van der Waals surface area (Å²) in [6.07, 6.45) is -3.39. The third-order valence-corrected chi connectivity index (χ3v) is 6.05. The minimum atomic E-state index is -4.12. The second kappa shape index (κ2) is 9.02. The van der Waals surface area contributed by atoms with Crippen LogP contribution in [0.2, 0.25) is 0 Å². The maximum atomic E-state index is 12.8. The number of rotatable bonds is 7. The lowest BCUT2D eigenvalue weighted by molar-refractivity contribution is -0.179. The number of anilines is 1. The molecule has 29 heavy (non-hydrogen) atoms. The van der Waals surface area contributed by atoms with Crippen LogP contribution in [0, 0.1) is 12.8 Å². The average Bonchev–Trinajstić information content (AvgIpc) is 3.02. The average molecular weight is 428 g/mol. The summed E-state index contributed by atoms with van der Waals surface area (Å²) >= 11 is 1.50. The molecule has 158 valence electrons. The number of aryl methyl sites for hydroxylation is 1. The SMILES string of the molecule is Cc1sc(N2CCC(C(F)(F)F)CC2)nc1CCOc1cccc(CC(=O)O)c1. The van der Waals surface area contributed by atoms with Crippen molar-refractivity contribution in [1.82, 2.24) is 4.98 Å². The maximum absolute atomic E-state index is 12.8. The van der Waals surface area contributed by atoms with Gasteiger partial charge in [0.15, 0.2) is 5.13 Å². The lowest BCUT2D eigenvalue weighted by atomic mass is 9.97. The van der Waals surface area contributed by atoms with Gasteiger partial charge in [0.05, 0.1) is 24.6 Å². The van der Waals surface area contributed by atoms with Gasteiger partial charge in [0.25, 0.3) is 0 Å². The Labute approximate surface area is 171 Å². The van der Waals surface area contributed by atoms with Crippen molar-refractivity contribution in [2.45, 2.75) is 38.8 Å². The summed E-state index contributed by atoms with van der Waals surface area (Å²) in [6, 6.07) is 6.97. The first-order chi connectivity index (χ1) is 13.7. The first kappa shape index (κ1) is 21.4. The molecule has 1 aromatic heterocycles. The minimum Gasteiger partial charge on any atom is -0.493 e. The minimum absolute atomic E-state index is 0.0587. The Kier molecular flexibility index (Phi) is 6.66. The van der Waals surface area contributed by atoms with E-state index in [-0.39, 0.29) is 19.3 Å². The maximum Gasteiger partial charge on any atom is 0.391 e. The first-order valence-electron chi connectivity index (χ1n) is 9.44. The molecule has 1 N–H and O–H groups in total. The highest BCUT2D eigenvalue weighted by molar-refractivity contribution is 7.15. The van der Waals surface area contributed by atoms with E-state index in [1.54, 1.807) is 24.3 Å². The normalized spacial score (nSPS) is 15.5. The summed E-state index contributed by atoms with van der Waals surface area (Å²) in [5, 5.41) is 9.63. The van der Waals surface area contributed by atoms with Crippen LogP contribution in [0.15, 0.2) is 24.3 Å². The summed E-state index contributed by atoms with van der Waals surface area (Å²) in [7, 11) is 0. The van der Waals surface area contributed by atoms with Crippen molar-refractivity contribution in [2.24, 2.45) is 5.92 Å². The Morgan fingerprint density at radius 1 is 1.34 bits per heavy atom. The number of hydrogen-bond acceptors (Lipinski definition) is 5. The molecule has 2 heterocycles. The van der Waals surface area contributed by atoms with Gasteiger partial charge in [0.2, 0.25) is 0 Å². The monoisotopic (exact) mass is 428 g/mol. The molecule has 0 unspecified atom stereocenters. The van der Waals surface area contributed by atoms with Crippen LogP contribution in [0.1, 0.15) is 29.0 Å². The van der Waals surface area contributed by atoms with Crippen molar-refractivity contribution < 1.29 is 27.8 Å². The zero-order chi connectivity index (χ0) is 21.0. The van der Waals surface area contributed by atoms with Crippen LogP contribution in [0.4, 0.5) is 18.3 Å². The fourth-order valence-electron chi connectivity index (χ4n) is 3.36. The van der Waals surface area contributed by atoms with Crippen molar-refractivity contribution in [2.75, 3.05) is 24.6 Å². The number of carboxylic acid groups (broad SMARTS) is 1. The number of carboxylic acids is 1. The van der Waals surface area contributed by atoms with Gasteiger partial charge in [-0.2, -0.15) is 13.2 Å². The standard InChI is InChI=1S/C20H23F3N2O3S/c1-13-17(7-10-28-16-4-2-3-14(11-16)12-18(26)27)24-19(29-13)25-8-5-15(6-9-25)20(21,22)23/h2-4,11,15H,5-10,12H2,1H3,(H,26,27). The van der Waals surface area contributed by atoms with E-state index in [2.05, 4.69) is 4.98 Å². The van der Waals surface area contributed by atoms with Gasteiger partial charge in [0.1, 0.15) is 5.75 Å². The Morgan fingerprint density at radius 3 is 2.72 bits per heavy atom. The van der Waals surface area contributed by atoms with Gasteiger partial charge in [-0.15, -0.1) is 11.3 Å². The van der Waals surface area contributed by atoms with Gasteiger partial charge in [-0.3, -0.25) is 4.79 Å². The molecule has 0 atom stereocenters. The number of piperidine rings is 1. The highest BCUT2D eigenvalue weighted by atomic mass is 32.1. The number of aromatic nitrogens is 1. The van der Waals surface area contributed by atoms with Crippen molar-refractivity contribution in [1.29, 1.82) is 0 Å². The fraction of sp³-hybridized carbons (Fsp3) is 0.500. The quantitative estimate of drug-likeness (QED) is 0.705. The largest absolute Gasteiger partial charge is 0.493 e. The van der Waals surface area contributed by atoms with Gasteiger partial charge >= 0.3 is 12.1 Å². The van der Waals surface area contributed by atoms with Crippen molar-refractivity contribution in [3.05, 3.63) is 40.4 Å². The molecule has 1 saturated heterocycles. The molecule has 9 heteroatoms. The molecular formula is C20H23F3N2O3S. The number of nitrogens with zero attached hydrogens (tertiary/aromatic N) is 2. The smallest absolute Gasteiger partial charge is 0.391 e. The summed E-state index contributed by atoms with van der Waals surface area (Å²) in [6.45, 7) is 3.07. The lowest BCUT2D eigenvalue weighted by Crippen LogP contribution is -2.38.